The maximum absolute atomic E-state index is 13.8. The van der Waals surface area contributed by atoms with E-state index in [9.17, 15) is 13.6 Å². The van der Waals surface area contributed by atoms with Gasteiger partial charge in [-0.1, -0.05) is 24.3 Å². The van der Waals surface area contributed by atoms with E-state index < -0.39 is 0 Å². The minimum atomic E-state index is -0.293. The van der Waals surface area contributed by atoms with Crippen LogP contribution in [0.1, 0.15) is 23.6 Å². The number of thioether (sulfide) groups is 1. The third-order valence-corrected chi connectivity index (χ3v) is 5.08. The number of hydrogen-bond donors (Lipinski definition) is 2. The molecule has 0 spiro atoms. The van der Waals surface area contributed by atoms with Crippen molar-refractivity contribution >= 4 is 17.8 Å². The number of halogens is 2. The van der Waals surface area contributed by atoms with Crippen molar-refractivity contribution in [3.8, 4) is 0 Å². The van der Waals surface area contributed by atoms with E-state index >= 15 is 0 Å². The van der Waals surface area contributed by atoms with Crippen LogP contribution in [0.5, 0.6) is 0 Å². The van der Waals surface area contributed by atoms with Gasteiger partial charge in [0.25, 0.3) is 0 Å². The molecule has 0 radical (unpaired) electrons. The Labute approximate surface area is 143 Å². The second kappa shape index (κ2) is 7.66. The minimum absolute atomic E-state index is 0.189. The number of rotatable bonds is 4. The van der Waals surface area contributed by atoms with Gasteiger partial charge in [-0.15, -0.1) is 11.8 Å². The highest BCUT2D eigenvalue weighted by Gasteiger charge is 2.24. The van der Waals surface area contributed by atoms with Gasteiger partial charge in [0.05, 0.1) is 6.04 Å². The Hall–Kier alpha value is -2.08. The fourth-order valence-corrected chi connectivity index (χ4v) is 3.90. The summed E-state index contributed by atoms with van der Waals surface area (Å²) < 4.78 is 26.9. The Morgan fingerprint density at radius 2 is 2.04 bits per heavy atom. The van der Waals surface area contributed by atoms with E-state index in [4.69, 9.17) is 0 Å². The van der Waals surface area contributed by atoms with Crippen LogP contribution in [0.2, 0.25) is 0 Å². The molecule has 2 aromatic carbocycles. The molecule has 2 amide bonds. The van der Waals surface area contributed by atoms with E-state index in [0.717, 1.165) is 23.3 Å². The van der Waals surface area contributed by atoms with Crippen LogP contribution in [0.3, 0.4) is 0 Å². The molecule has 2 aromatic rings. The lowest BCUT2D eigenvalue weighted by Crippen LogP contribution is -2.39. The Morgan fingerprint density at radius 3 is 2.88 bits per heavy atom. The molecule has 0 fully saturated rings. The van der Waals surface area contributed by atoms with Gasteiger partial charge in [0.2, 0.25) is 0 Å². The van der Waals surface area contributed by atoms with Crippen LogP contribution in [0.4, 0.5) is 13.6 Å². The first-order chi connectivity index (χ1) is 11.6. The van der Waals surface area contributed by atoms with E-state index in [2.05, 4.69) is 10.6 Å². The molecule has 3 nitrogen and oxygen atoms in total. The average molecular weight is 348 g/mol. The monoisotopic (exact) mass is 348 g/mol. The molecule has 1 aliphatic rings. The summed E-state index contributed by atoms with van der Waals surface area (Å²) in [6, 6.07) is 10.8. The summed E-state index contributed by atoms with van der Waals surface area (Å²) >= 11 is 1.48. The predicted octanol–water partition coefficient (Wildman–Crippen LogP) is 4.04. The molecule has 3 rings (SSSR count). The second-order valence-corrected chi connectivity index (χ2v) is 6.73. The standard InChI is InChI=1S/C18H18F2N2OS/c19-13-4-1-3-12(11-13)7-9-21-18(23)22-16-8-10-24-17-14(16)5-2-6-15(17)20/h1-6,11,16H,7-10H2,(H2,21,22,23). The van der Waals surface area contributed by atoms with E-state index in [0.29, 0.717) is 17.9 Å². The molecule has 6 heteroatoms. The molecule has 0 bridgehead atoms. The lowest BCUT2D eigenvalue weighted by atomic mass is 10.0. The molecular weight excluding hydrogens is 330 g/mol. The van der Waals surface area contributed by atoms with Crippen molar-refractivity contribution in [3.63, 3.8) is 0 Å². The number of amides is 2. The molecule has 0 aromatic heterocycles. The van der Waals surface area contributed by atoms with Crippen molar-refractivity contribution in [1.29, 1.82) is 0 Å². The fourth-order valence-electron chi connectivity index (χ4n) is 2.76. The number of carbonyl (C=O) groups is 1. The number of hydrogen-bond acceptors (Lipinski definition) is 2. The van der Waals surface area contributed by atoms with Gasteiger partial charge in [0.15, 0.2) is 0 Å². The first-order valence-electron chi connectivity index (χ1n) is 7.83. The Kier molecular flexibility index (Phi) is 5.35. The molecular formula is C18H18F2N2OS. The lowest BCUT2D eigenvalue weighted by molar-refractivity contribution is 0.236. The molecule has 0 saturated heterocycles. The number of benzene rings is 2. The van der Waals surface area contributed by atoms with Crippen LogP contribution in [-0.2, 0) is 6.42 Å². The molecule has 1 aliphatic heterocycles. The third kappa shape index (κ3) is 4.06. The Balaban J connectivity index is 1.54. The zero-order valence-corrected chi connectivity index (χ0v) is 13.8. The Bertz CT molecular complexity index is 739. The van der Waals surface area contributed by atoms with Crippen LogP contribution in [0.25, 0.3) is 0 Å². The molecule has 0 saturated carbocycles. The first kappa shape index (κ1) is 16.8. The van der Waals surface area contributed by atoms with E-state index in [1.165, 1.54) is 30.0 Å². The zero-order chi connectivity index (χ0) is 16.9. The van der Waals surface area contributed by atoms with E-state index in [1.807, 2.05) is 12.1 Å². The van der Waals surface area contributed by atoms with Gasteiger partial charge in [-0.2, -0.15) is 0 Å². The van der Waals surface area contributed by atoms with Crippen LogP contribution < -0.4 is 10.6 Å². The highest BCUT2D eigenvalue weighted by Crippen LogP contribution is 2.37. The summed E-state index contributed by atoms with van der Waals surface area (Å²) in [6.07, 6.45) is 1.31. The lowest BCUT2D eigenvalue weighted by Gasteiger charge is -2.26. The van der Waals surface area contributed by atoms with Gasteiger partial charge in [-0.3, -0.25) is 0 Å². The predicted molar refractivity (Wildman–Crippen MR) is 91.1 cm³/mol. The summed E-state index contributed by atoms with van der Waals surface area (Å²) in [4.78, 5) is 12.7. The smallest absolute Gasteiger partial charge is 0.315 e. The molecule has 24 heavy (non-hydrogen) atoms. The second-order valence-electron chi connectivity index (χ2n) is 5.63. The van der Waals surface area contributed by atoms with Crippen LogP contribution >= 0.6 is 11.8 Å². The topological polar surface area (TPSA) is 41.1 Å². The van der Waals surface area contributed by atoms with Crippen molar-refractivity contribution in [2.45, 2.75) is 23.8 Å². The van der Waals surface area contributed by atoms with Gasteiger partial charge in [-0.05, 0) is 42.2 Å². The maximum Gasteiger partial charge on any atom is 0.315 e. The van der Waals surface area contributed by atoms with Gasteiger partial charge in [0.1, 0.15) is 11.6 Å². The molecule has 1 atom stereocenters. The third-order valence-electron chi connectivity index (χ3n) is 3.92. The van der Waals surface area contributed by atoms with Crippen LogP contribution in [-0.4, -0.2) is 18.3 Å². The zero-order valence-electron chi connectivity index (χ0n) is 13.0. The molecule has 2 N–H and O–H groups in total. The largest absolute Gasteiger partial charge is 0.338 e. The summed E-state index contributed by atoms with van der Waals surface area (Å²) in [7, 11) is 0. The highest BCUT2D eigenvalue weighted by molar-refractivity contribution is 7.99. The molecule has 1 heterocycles. The summed E-state index contributed by atoms with van der Waals surface area (Å²) in [5.74, 6) is 0.244. The number of nitrogens with one attached hydrogen (secondary N) is 2. The normalized spacial score (nSPS) is 16.3. The summed E-state index contributed by atoms with van der Waals surface area (Å²) in [6.45, 7) is 0.409. The van der Waals surface area contributed by atoms with Crippen molar-refractivity contribution in [1.82, 2.24) is 10.6 Å². The van der Waals surface area contributed by atoms with Crippen LogP contribution in [0, 0.1) is 11.6 Å². The SMILES string of the molecule is O=C(NCCc1cccc(F)c1)NC1CCSc2c(F)cccc21. The quantitative estimate of drug-likeness (QED) is 0.875. The number of carbonyl (C=O) groups excluding carboxylic acids is 1. The summed E-state index contributed by atoms with van der Waals surface area (Å²) in [5, 5.41) is 5.67. The average Bonchev–Trinajstić information content (AvgIpc) is 2.56. The van der Waals surface area contributed by atoms with Crippen molar-refractivity contribution in [3.05, 3.63) is 65.2 Å². The maximum atomic E-state index is 13.8. The van der Waals surface area contributed by atoms with Crippen molar-refractivity contribution in [2.24, 2.45) is 0 Å². The van der Waals surface area contributed by atoms with Crippen LogP contribution in [0.15, 0.2) is 47.4 Å². The minimum Gasteiger partial charge on any atom is -0.338 e. The van der Waals surface area contributed by atoms with Gasteiger partial charge < -0.3 is 10.6 Å². The summed E-state index contributed by atoms with van der Waals surface area (Å²) in [5.41, 5.74) is 1.66. The van der Waals surface area contributed by atoms with E-state index in [-0.39, 0.29) is 23.7 Å². The molecule has 1 unspecified atom stereocenters. The first-order valence-corrected chi connectivity index (χ1v) is 8.82. The van der Waals surface area contributed by atoms with Gasteiger partial charge in [0, 0.05) is 17.2 Å². The fraction of sp³-hybridized carbons (Fsp3) is 0.278. The Morgan fingerprint density at radius 1 is 1.21 bits per heavy atom. The molecule has 0 aliphatic carbocycles. The highest BCUT2D eigenvalue weighted by atomic mass is 32.2. The van der Waals surface area contributed by atoms with Gasteiger partial charge >= 0.3 is 6.03 Å². The van der Waals surface area contributed by atoms with Crippen molar-refractivity contribution in [2.75, 3.05) is 12.3 Å². The van der Waals surface area contributed by atoms with E-state index in [1.54, 1.807) is 12.1 Å². The molecule has 126 valence electrons. The number of urea groups is 1. The van der Waals surface area contributed by atoms with Gasteiger partial charge in [-0.25, -0.2) is 13.6 Å². The van der Waals surface area contributed by atoms with Crippen molar-refractivity contribution < 1.29 is 13.6 Å². The number of fused-ring (bicyclic) bond motifs is 1.